The minimum Gasteiger partial charge on any atom is -0.489 e. The molecule has 1 N–H and O–H groups in total. The van der Waals surface area contributed by atoms with Gasteiger partial charge in [-0.2, -0.15) is 0 Å². The van der Waals surface area contributed by atoms with Gasteiger partial charge in [0.15, 0.2) is 0 Å². The van der Waals surface area contributed by atoms with E-state index < -0.39 is 11.9 Å². The lowest BCUT2D eigenvalue weighted by atomic mass is 10.1. The first-order valence-electron chi connectivity index (χ1n) is 8.39. The van der Waals surface area contributed by atoms with E-state index in [1.807, 2.05) is 31.2 Å². The molecule has 0 aliphatic carbocycles. The molecule has 0 spiro atoms. The third-order valence-corrected chi connectivity index (χ3v) is 4.70. The molecule has 6 heteroatoms. The zero-order chi connectivity index (χ0) is 18.7. The quantitative estimate of drug-likeness (QED) is 0.839. The predicted octanol–water partition coefficient (Wildman–Crippen LogP) is 3.66. The van der Waals surface area contributed by atoms with Crippen LogP contribution in [-0.4, -0.2) is 28.4 Å². The van der Waals surface area contributed by atoms with Crippen molar-refractivity contribution in [1.29, 1.82) is 0 Å². The second-order valence-electron chi connectivity index (χ2n) is 6.54. The van der Waals surface area contributed by atoms with Crippen molar-refractivity contribution in [2.75, 3.05) is 6.54 Å². The number of carboxylic acids is 1. The topological polar surface area (TPSA) is 66.8 Å². The summed E-state index contributed by atoms with van der Waals surface area (Å²) >= 11 is 6.10. The molecule has 1 aliphatic rings. The molecule has 1 fully saturated rings. The number of carbonyl (C=O) groups excluding carboxylic acids is 1. The molecule has 0 aromatic heterocycles. The van der Waals surface area contributed by atoms with Crippen molar-refractivity contribution in [2.24, 2.45) is 5.92 Å². The summed E-state index contributed by atoms with van der Waals surface area (Å²) < 4.78 is 5.92. The molecule has 1 aliphatic heterocycles. The molecule has 2 aromatic rings. The molecule has 26 heavy (non-hydrogen) atoms. The maximum Gasteiger partial charge on any atom is 0.308 e. The first-order chi connectivity index (χ1) is 12.4. The number of hydrogen-bond acceptors (Lipinski definition) is 3. The van der Waals surface area contributed by atoms with Crippen molar-refractivity contribution < 1.29 is 19.4 Å². The van der Waals surface area contributed by atoms with Crippen molar-refractivity contribution in [2.45, 2.75) is 26.5 Å². The normalized spacial score (nSPS) is 16.8. The molecule has 1 saturated heterocycles. The van der Waals surface area contributed by atoms with Crippen LogP contribution in [0.2, 0.25) is 5.02 Å². The van der Waals surface area contributed by atoms with Crippen molar-refractivity contribution in [3.63, 3.8) is 0 Å². The summed E-state index contributed by atoms with van der Waals surface area (Å²) in [6, 6.07) is 13.3. The minimum atomic E-state index is -0.942. The van der Waals surface area contributed by atoms with Gasteiger partial charge in [-0.05, 0) is 30.7 Å². The van der Waals surface area contributed by atoms with Crippen LogP contribution < -0.4 is 4.74 Å². The number of benzene rings is 2. The summed E-state index contributed by atoms with van der Waals surface area (Å²) in [6.45, 7) is 2.92. The number of hydrogen-bond donors (Lipinski definition) is 1. The Labute approximate surface area is 157 Å². The van der Waals surface area contributed by atoms with Crippen LogP contribution in [0.5, 0.6) is 5.75 Å². The standard InChI is InChI=1S/C20H20ClNO4/c1-13-2-4-14(5-3-13)12-26-18-7-6-17(21)8-15(18)10-22-11-16(20(24)25)9-19(22)23/h2-8,16H,9-12H2,1H3,(H,24,25). The van der Waals surface area contributed by atoms with E-state index in [0.717, 1.165) is 11.1 Å². The number of nitrogens with zero attached hydrogens (tertiary/aromatic N) is 1. The smallest absolute Gasteiger partial charge is 0.308 e. The fraction of sp³-hybridized carbons (Fsp3) is 0.300. The molecule has 1 amide bonds. The van der Waals surface area contributed by atoms with Gasteiger partial charge in [-0.1, -0.05) is 41.4 Å². The number of aliphatic carboxylic acids is 1. The lowest BCUT2D eigenvalue weighted by Crippen LogP contribution is -2.26. The van der Waals surface area contributed by atoms with Gasteiger partial charge in [0.2, 0.25) is 5.91 Å². The molecule has 1 atom stereocenters. The van der Waals surface area contributed by atoms with E-state index in [2.05, 4.69) is 0 Å². The fourth-order valence-electron chi connectivity index (χ4n) is 2.95. The van der Waals surface area contributed by atoms with E-state index in [1.165, 1.54) is 5.56 Å². The van der Waals surface area contributed by atoms with Crippen molar-refractivity contribution in [1.82, 2.24) is 4.90 Å². The molecular formula is C20H20ClNO4. The van der Waals surface area contributed by atoms with Crippen LogP contribution in [0.3, 0.4) is 0 Å². The van der Waals surface area contributed by atoms with E-state index >= 15 is 0 Å². The van der Waals surface area contributed by atoms with E-state index in [9.17, 15) is 9.59 Å². The highest BCUT2D eigenvalue weighted by Gasteiger charge is 2.34. The number of halogens is 1. The zero-order valence-corrected chi connectivity index (χ0v) is 15.2. The molecule has 1 unspecified atom stereocenters. The Kier molecular flexibility index (Phi) is 5.47. The van der Waals surface area contributed by atoms with Gasteiger partial charge < -0.3 is 14.7 Å². The second kappa shape index (κ2) is 7.79. The first kappa shape index (κ1) is 18.3. The number of likely N-dealkylation sites (tertiary alicyclic amines) is 1. The summed E-state index contributed by atoms with van der Waals surface area (Å²) in [6.07, 6.45) is 0.0372. The molecule has 0 radical (unpaired) electrons. The van der Waals surface area contributed by atoms with Crippen LogP contribution >= 0.6 is 11.6 Å². The third-order valence-electron chi connectivity index (χ3n) is 4.46. The van der Waals surface area contributed by atoms with Gasteiger partial charge in [-0.25, -0.2) is 0 Å². The number of rotatable bonds is 6. The third kappa shape index (κ3) is 4.35. The molecule has 0 saturated carbocycles. The molecule has 5 nitrogen and oxygen atoms in total. The van der Waals surface area contributed by atoms with Gasteiger partial charge in [-0.3, -0.25) is 9.59 Å². The largest absolute Gasteiger partial charge is 0.489 e. The Morgan fingerprint density at radius 3 is 2.65 bits per heavy atom. The lowest BCUT2D eigenvalue weighted by Gasteiger charge is -2.19. The van der Waals surface area contributed by atoms with Crippen molar-refractivity contribution in [3.05, 3.63) is 64.2 Å². The summed E-state index contributed by atoms with van der Waals surface area (Å²) in [5, 5.41) is 9.66. The summed E-state index contributed by atoms with van der Waals surface area (Å²) in [4.78, 5) is 24.8. The highest BCUT2D eigenvalue weighted by molar-refractivity contribution is 6.30. The van der Waals surface area contributed by atoms with Crippen LogP contribution in [0.1, 0.15) is 23.1 Å². The number of carbonyl (C=O) groups is 2. The maximum absolute atomic E-state index is 12.1. The molecule has 1 heterocycles. The monoisotopic (exact) mass is 373 g/mol. The van der Waals surface area contributed by atoms with E-state index in [4.69, 9.17) is 21.4 Å². The van der Waals surface area contributed by atoms with Gasteiger partial charge in [0.1, 0.15) is 12.4 Å². The zero-order valence-electron chi connectivity index (χ0n) is 14.4. The SMILES string of the molecule is Cc1ccc(COc2ccc(Cl)cc2CN2CC(C(=O)O)CC2=O)cc1. The number of ether oxygens (including phenoxy) is 1. The van der Waals surface area contributed by atoms with E-state index in [0.29, 0.717) is 17.4 Å². The minimum absolute atomic E-state index is 0.0372. The second-order valence-corrected chi connectivity index (χ2v) is 6.98. The summed E-state index contributed by atoms with van der Waals surface area (Å²) in [5.41, 5.74) is 2.99. The Balaban J connectivity index is 1.72. The van der Waals surface area contributed by atoms with Crippen LogP contribution in [-0.2, 0) is 22.7 Å². The number of carboxylic acid groups (broad SMARTS) is 1. The molecule has 3 rings (SSSR count). The average molecular weight is 374 g/mol. The first-order valence-corrected chi connectivity index (χ1v) is 8.77. The summed E-state index contributed by atoms with van der Waals surface area (Å²) in [5.74, 6) is -1.12. The van der Waals surface area contributed by atoms with Crippen LogP contribution in [0, 0.1) is 12.8 Å². The van der Waals surface area contributed by atoms with Crippen molar-refractivity contribution >= 4 is 23.5 Å². The van der Waals surface area contributed by atoms with Gasteiger partial charge in [0.05, 0.1) is 5.92 Å². The van der Waals surface area contributed by atoms with Crippen LogP contribution in [0.4, 0.5) is 0 Å². The van der Waals surface area contributed by atoms with Crippen LogP contribution in [0.15, 0.2) is 42.5 Å². The molecule has 136 valence electrons. The Morgan fingerprint density at radius 2 is 2.00 bits per heavy atom. The average Bonchev–Trinajstić information content (AvgIpc) is 2.97. The van der Waals surface area contributed by atoms with Gasteiger partial charge >= 0.3 is 5.97 Å². The fourth-order valence-corrected chi connectivity index (χ4v) is 3.15. The van der Waals surface area contributed by atoms with Crippen LogP contribution in [0.25, 0.3) is 0 Å². The number of amides is 1. The van der Waals surface area contributed by atoms with E-state index in [-0.39, 0.29) is 25.4 Å². The van der Waals surface area contributed by atoms with Crippen molar-refractivity contribution in [3.8, 4) is 5.75 Å². The Bertz CT molecular complexity index is 819. The lowest BCUT2D eigenvalue weighted by molar-refractivity contribution is -0.141. The number of aryl methyl sites for hydroxylation is 1. The predicted molar refractivity (Wildman–Crippen MR) is 98.1 cm³/mol. The molecule has 0 bridgehead atoms. The summed E-state index contributed by atoms with van der Waals surface area (Å²) in [7, 11) is 0. The van der Waals surface area contributed by atoms with Gasteiger partial charge in [-0.15, -0.1) is 0 Å². The van der Waals surface area contributed by atoms with Gasteiger partial charge in [0.25, 0.3) is 0 Å². The maximum atomic E-state index is 12.1. The highest BCUT2D eigenvalue weighted by Crippen LogP contribution is 2.28. The molecular weight excluding hydrogens is 354 g/mol. The highest BCUT2D eigenvalue weighted by atomic mass is 35.5. The van der Waals surface area contributed by atoms with E-state index in [1.54, 1.807) is 23.1 Å². The Morgan fingerprint density at radius 1 is 1.27 bits per heavy atom. The van der Waals surface area contributed by atoms with Gasteiger partial charge in [0, 0.05) is 30.1 Å². The Hall–Kier alpha value is -2.53. The molecule has 2 aromatic carbocycles.